The maximum absolute atomic E-state index is 12.4. The van der Waals surface area contributed by atoms with Crippen LogP contribution < -0.4 is 0 Å². The Morgan fingerprint density at radius 1 is 0.818 bits per heavy atom. The molecule has 0 spiro atoms. The zero-order valence-corrected chi connectivity index (χ0v) is 11.2. The predicted molar refractivity (Wildman–Crippen MR) is 78.9 cm³/mol. The third-order valence-corrected chi connectivity index (χ3v) is 3.36. The number of fused-ring (bicyclic) bond motifs is 2. The second kappa shape index (κ2) is 4.32. The predicted octanol–water partition coefficient (Wildman–Crippen LogP) is 2.08. The van der Waals surface area contributed by atoms with E-state index in [1.54, 1.807) is 12.1 Å². The number of imidazole rings is 2. The Morgan fingerprint density at radius 3 is 1.73 bits per heavy atom. The van der Waals surface area contributed by atoms with Crippen molar-refractivity contribution in [3.8, 4) is 11.5 Å². The van der Waals surface area contributed by atoms with E-state index in [4.69, 9.17) is 0 Å². The van der Waals surface area contributed by atoms with Crippen molar-refractivity contribution >= 4 is 27.9 Å². The first-order chi connectivity index (χ1) is 10.6. The summed E-state index contributed by atoms with van der Waals surface area (Å²) in [6.07, 6.45) is 0. The molecule has 0 saturated carbocycles. The van der Waals surface area contributed by atoms with Crippen molar-refractivity contribution in [3.63, 3.8) is 0 Å². The number of ketones is 1. The van der Waals surface area contributed by atoms with Crippen molar-refractivity contribution < 1.29 is 15.0 Å². The van der Waals surface area contributed by atoms with Crippen molar-refractivity contribution in [1.29, 1.82) is 0 Å². The molecule has 4 N–H and O–H groups in total. The Morgan fingerprint density at radius 2 is 1.27 bits per heavy atom. The van der Waals surface area contributed by atoms with Crippen molar-refractivity contribution in [2.24, 2.45) is 0 Å². The maximum Gasteiger partial charge on any atom is 0.263 e. The molecule has 7 nitrogen and oxygen atoms in total. The van der Waals surface area contributed by atoms with Gasteiger partial charge in [0.1, 0.15) is 11.5 Å². The summed E-state index contributed by atoms with van der Waals surface area (Å²) < 4.78 is 0. The lowest BCUT2D eigenvalue weighted by Gasteiger charge is -1.90. The van der Waals surface area contributed by atoms with Gasteiger partial charge < -0.3 is 20.2 Å². The molecule has 0 bridgehead atoms. The molecule has 0 amide bonds. The molecular weight excluding hydrogens is 284 g/mol. The monoisotopic (exact) mass is 294 g/mol. The SMILES string of the molecule is O=C(c1nc2ccc(O)cc2[nH]1)c1nc2ccc(O)cc2[nH]1. The second-order valence-corrected chi connectivity index (χ2v) is 4.90. The van der Waals surface area contributed by atoms with Gasteiger partial charge in [-0.25, -0.2) is 9.97 Å². The van der Waals surface area contributed by atoms with Gasteiger partial charge in [-0.15, -0.1) is 0 Å². The van der Waals surface area contributed by atoms with Crippen LogP contribution in [0, 0.1) is 0 Å². The Labute approximate surface area is 123 Å². The van der Waals surface area contributed by atoms with Crippen LogP contribution in [0.2, 0.25) is 0 Å². The van der Waals surface area contributed by atoms with Gasteiger partial charge in [-0.2, -0.15) is 0 Å². The molecule has 0 unspecified atom stereocenters. The van der Waals surface area contributed by atoms with Crippen molar-refractivity contribution in [1.82, 2.24) is 19.9 Å². The summed E-state index contributed by atoms with van der Waals surface area (Å²) in [6.45, 7) is 0. The third-order valence-electron chi connectivity index (χ3n) is 3.36. The first kappa shape index (κ1) is 12.4. The fourth-order valence-corrected chi connectivity index (χ4v) is 2.32. The number of hydrogen-bond donors (Lipinski definition) is 4. The van der Waals surface area contributed by atoms with E-state index in [2.05, 4.69) is 19.9 Å². The van der Waals surface area contributed by atoms with E-state index in [9.17, 15) is 15.0 Å². The molecule has 0 radical (unpaired) electrons. The summed E-state index contributed by atoms with van der Waals surface area (Å²) in [5, 5.41) is 18.9. The van der Waals surface area contributed by atoms with Gasteiger partial charge in [0.25, 0.3) is 5.78 Å². The number of phenols is 2. The first-order valence-corrected chi connectivity index (χ1v) is 6.52. The lowest BCUT2D eigenvalue weighted by atomic mass is 10.3. The minimum atomic E-state index is -0.397. The molecule has 0 aliphatic rings. The lowest BCUT2D eigenvalue weighted by Crippen LogP contribution is -2.05. The van der Waals surface area contributed by atoms with Gasteiger partial charge in [0.05, 0.1) is 22.1 Å². The van der Waals surface area contributed by atoms with Gasteiger partial charge in [0, 0.05) is 12.1 Å². The van der Waals surface area contributed by atoms with E-state index < -0.39 is 5.78 Å². The maximum atomic E-state index is 12.4. The van der Waals surface area contributed by atoms with Crippen LogP contribution >= 0.6 is 0 Å². The molecule has 2 aromatic heterocycles. The number of hydrogen-bond acceptors (Lipinski definition) is 5. The standard InChI is InChI=1S/C15H10N4O3/c20-7-1-3-9-11(5-7)18-14(16-9)13(22)15-17-10-4-2-8(21)6-12(10)19-15/h1-6,20-21H,(H,16,18)(H,17,19). The van der Waals surface area contributed by atoms with Crippen LogP contribution in [-0.4, -0.2) is 35.9 Å². The van der Waals surface area contributed by atoms with Crippen LogP contribution in [-0.2, 0) is 0 Å². The molecule has 0 saturated heterocycles. The van der Waals surface area contributed by atoms with E-state index >= 15 is 0 Å². The highest BCUT2D eigenvalue weighted by Gasteiger charge is 2.18. The molecule has 2 aromatic carbocycles. The Kier molecular flexibility index (Phi) is 2.43. The van der Waals surface area contributed by atoms with Crippen molar-refractivity contribution in [3.05, 3.63) is 48.0 Å². The zero-order chi connectivity index (χ0) is 15.3. The highest BCUT2D eigenvalue weighted by molar-refractivity contribution is 6.07. The lowest BCUT2D eigenvalue weighted by molar-refractivity contribution is 0.102. The molecule has 0 aliphatic heterocycles. The van der Waals surface area contributed by atoms with Gasteiger partial charge in [-0.1, -0.05) is 0 Å². The van der Waals surface area contributed by atoms with Crippen LogP contribution in [0.25, 0.3) is 22.1 Å². The van der Waals surface area contributed by atoms with E-state index in [1.165, 1.54) is 24.3 Å². The number of H-pyrrole nitrogens is 2. The van der Waals surface area contributed by atoms with E-state index in [0.717, 1.165) is 0 Å². The van der Waals surface area contributed by atoms with E-state index in [1.807, 2.05) is 0 Å². The number of aromatic hydroxyl groups is 2. The van der Waals surface area contributed by atoms with Crippen molar-refractivity contribution in [2.75, 3.05) is 0 Å². The van der Waals surface area contributed by atoms with Gasteiger partial charge in [0.15, 0.2) is 11.6 Å². The number of rotatable bonds is 2. The minimum absolute atomic E-state index is 0.0920. The minimum Gasteiger partial charge on any atom is -0.508 e. The smallest absolute Gasteiger partial charge is 0.263 e. The Hall–Kier alpha value is -3.35. The molecule has 0 atom stereocenters. The number of phenolic OH excluding ortho intramolecular Hbond substituents is 2. The summed E-state index contributed by atoms with van der Waals surface area (Å²) in [5.41, 5.74) is 2.29. The normalized spacial score (nSPS) is 11.3. The summed E-state index contributed by atoms with van der Waals surface area (Å²) in [7, 11) is 0. The highest BCUT2D eigenvalue weighted by Crippen LogP contribution is 2.21. The summed E-state index contributed by atoms with van der Waals surface area (Å²) in [4.78, 5) is 26.5. The molecule has 7 heteroatoms. The van der Waals surface area contributed by atoms with Gasteiger partial charge in [-0.3, -0.25) is 4.79 Å². The zero-order valence-electron chi connectivity index (χ0n) is 11.2. The van der Waals surface area contributed by atoms with E-state index in [-0.39, 0.29) is 23.1 Å². The molecule has 22 heavy (non-hydrogen) atoms. The van der Waals surface area contributed by atoms with Crippen LogP contribution in [0.15, 0.2) is 36.4 Å². The first-order valence-electron chi connectivity index (χ1n) is 6.52. The van der Waals surface area contributed by atoms with Crippen molar-refractivity contribution in [2.45, 2.75) is 0 Å². The molecule has 0 fully saturated rings. The third kappa shape index (κ3) is 1.87. The highest BCUT2D eigenvalue weighted by atomic mass is 16.3. The van der Waals surface area contributed by atoms with Crippen LogP contribution in [0.4, 0.5) is 0 Å². The van der Waals surface area contributed by atoms with Gasteiger partial charge in [-0.05, 0) is 24.3 Å². The number of benzene rings is 2. The number of nitrogens with zero attached hydrogens (tertiary/aromatic N) is 2. The quantitative estimate of drug-likeness (QED) is 0.422. The number of aromatic amines is 2. The van der Waals surface area contributed by atoms with E-state index in [0.29, 0.717) is 22.1 Å². The number of carbonyl (C=O) groups is 1. The molecule has 2 heterocycles. The molecule has 0 aliphatic carbocycles. The summed E-state index contributed by atoms with van der Waals surface area (Å²) >= 11 is 0. The number of aromatic nitrogens is 4. The Balaban J connectivity index is 1.80. The molecule has 4 rings (SSSR count). The summed E-state index contributed by atoms with van der Waals surface area (Å²) in [6, 6.07) is 9.23. The van der Waals surface area contributed by atoms with Gasteiger partial charge in [0.2, 0.25) is 0 Å². The number of carbonyl (C=O) groups excluding carboxylic acids is 1. The fraction of sp³-hybridized carbons (Fsp3) is 0. The average Bonchev–Trinajstić information content (AvgIpc) is 3.08. The van der Waals surface area contributed by atoms with Crippen LogP contribution in [0.3, 0.4) is 0 Å². The topological polar surface area (TPSA) is 115 Å². The molecule has 4 aromatic rings. The number of nitrogens with one attached hydrogen (secondary N) is 2. The second-order valence-electron chi connectivity index (χ2n) is 4.90. The fourth-order valence-electron chi connectivity index (χ4n) is 2.32. The van der Waals surface area contributed by atoms with Crippen LogP contribution in [0.1, 0.15) is 16.4 Å². The molecular formula is C15H10N4O3. The summed E-state index contributed by atoms with van der Waals surface area (Å²) in [5.74, 6) is 0.0443. The average molecular weight is 294 g/mol. The molecule has 108 valence electrons. The van der Waals surface area contributed by atoms with Gasteiger partial charge >= 0.3 is 0 Å². The largest absolute Gasteiger partial charge is 0.508 e. The van der Waals surface area contributed by atoms with Crippen LogP contribution in [0.5, 0.6) is 11.5 Å². The Bertz CT molecular complexity index is 950.